The molecule has 1 saturated heterocycles. The zero-order valence-corrected chi connectivity index (χ0v) is 19.9. The molecule has 0 saturated carbocycles. The minimum Gasteiger partial charge on any atom is -0.370 e. The summed E-state index contributed by atoms with van der Waals surface area (Å²) in [5.74, 6) is -1.23. The van der Waals surface area contributed by atoms with Gasteiger partial charge in [-0.1, -0.05) is 24.3 Å². The highest BCUT2D eigenvalue weighted by molar-refractivity contribution is 7.91. The highest BCUT2D eigenvalue weighted by Crippen LogP contribution is 2.29. The van der Waals surface area contributed by atoms with E-state index in [-0.39, 0.29) is 56.8 Å². The molecule has 10 nitrogen and oxygen atoms in total. The lowest BCUT2D eigenvalue weighted by Gasteiger charge is -2.31. The van der Waals surface area contributed by atoms with Gasteiger partial charge in [-0.3, -0.25) is 24.3 Å². The molecule has 1 aliphatic carbocycles. The fourth-order valence-electron chi connectivity index (χ4n) is 4.42. The van der Waals surface area contributed by atoms with E-state index in [9.17, 15) is 22.8 Å². The van der Waals surface area contributed by atoms with Crippen molar-refractivity contribution in [2.45, 2.75) is 17.7 Å². The Morgan fingerprint density at radius 2 is 1.57 bits per heavy atom. The summed E-state index contributed by atoms with van der Waals surface area (Å²) in [6, 6.07) is 10.6. The lowest BCUT2D eigenvalue weighted by Crippen LogP contribution is -2.42. The number of guanidine groups is 1. The fourth-order valence-corrected chi connectivity index (χ4v) is 5.88. The topological polar surface area (TPSA) is 165 Å². The zero-order chi connectivity index (χ0) is 25.2. The summed E-state index contributed by atoms with van der Waals surface area (Å²) >= 11 is 0. The van der Waals surface area contributed by atoms with Crippen LogP contribution in [0.2, 0.25) is 0 Å². The van der Waals surface area contributed by atoms with Crippen molar-refractivity contribution in [1.82, 2.24) is 10.2 Å². The van der Waals surface area contributed by atoms with Gasteiger partial charge in [-0.05, 0) is 44.1 Å². The minimum atomic E-state index is -3.75. The van der Waals surface area contributed by atoms with E-state index in [1.807, 2.05) is 0 Å². The van der Waals surface area contributed by atoms with E-state index >= 15 is 0 Å². The third kappa shape index (κ3) is 5.25. The first-order valence-electron chi connectivity index (χ1n) is 11.3. The second-order valence-electron chi connectivity index (χ2n) is 8.64. The maximum atomic E-state index is 13.1. The Labute approximate surface area is 203 Å². The van der Waals surface area contributed by atoms with Crippen molar-refractivity contribution in [3.63, 3.8) is 0 Å². The average molecular weight is 498 g/mol. The third-order valence-corrected chi connectivity index (χ3v) is 7.95. The van der Waals surface area contributed by atoms with Gasteiger partial charge in [0.25, 0.3) is 0 Å². The molecule has 0 unspecified atom stereocenters. The molecule has 5 N–H and O–H groups in total. The highest BCUT2D eigenvalue weighted by atomic mass is 32.2. The van der Waals surface area contributed by atoms with Crippen LogP contribution in [0.3, 0.4) is 0 Å². The van der Waals surface area contributed by atoms with Gasteiger partial charge in [0, 0.05) is 34.7 Å². The molecule has 0 radical (unpaired) electrons. The second-order valence-corrected chi connectivity index (χ2v) is 10.6. The summed E-state index contributed by atoms with van der Waals surface area (Å²) in [5, 5.41) is 2.79. The average Bonchev–Trinajstić information content (AvgIpc) is 2.85. The standard InChI is InChI=1S/C24H27N5O5S/c25-24(26)28-10-9-27-23(32)15-7-11-29(12-8-15)14-35(33,34)16-5-6-19-20(13-16)22(31)18-4-2-1-3-17(18)21(19)30/h1-6,13,15H,7-12,14H2,(H,27,32)(H4,25,26,28). The largest absolute Gasteiger partial charge is 0.370 e. The number of hydrogen-bond acceptors (Lipinski definition) is 7. The van der Waals surface area contributed by atoms with E-state index in [4.69, 9.17) is 11.5 Å². The SMILES string of the molecule is NC(N)=NCCNC(=O)C1CCN(CS(=O)(=O)c2ccc3c(c2)C(=O)c2ccccc2C3=O)CC1. The number of carbonyl (C=O) groups excluding carboxylic acids is 3. The first-order chi connectivity index (χ1) is 16.7. The molecule has 2 aromatic rings. The molecule has 184 valence electrons. The molecule has 1 fully saturated rings. The molecule has 0 spiro atoms. The van der Waals surface area contributed by atoms with Crippen LogP contribution in [-0.4, -0.2) is 68.8 Å². The van der Waals surface area contributed by atoms with Gasteiger partial charge in [-0.2, -0.15) is 0 Å². The van der Waals surface area contributed by atoms with E-state index in [0.717, 1.165) is 0 Å². The van der Waals surface area contributed by atoms with E-state index in [1.165, 1.54) is 18.2 Å². The van der Waals surface area contributed by atoms with E-state index < -0.39 is 9.84 Å². The number of piperidine rings is 1. The molecular formula is C24H27N5O5S. The summed E-state index contributed by atoms with van der Waals surface area (Å²) in [4.78, 5) is 43.6. The van der Waals surface area contributed by atoms with Gasteiger partial charge in [0.05, 0.1) is 11.4 Å². The summed E-state index contributed by atoms with van der Waals surface area (Å²) in [5.41, 5.74) is 11.4. The Hall–Kier alpha value is -3.57. The quantitative estimate of drug-likeness (QED) is 0.238. The second kappa shape index (κ2) is 9.96. The smallest absolute Gasteiger partial charge is 0.223 e. The van der Waals surface area contributed by atoms with Crippen LogP contribution in [0.15, 0.2) is 52.4 Å². The summed E-state index contributed by atoms with van der Waals surface area (Å²) in [6.45, 7) is 1.52. The van der Waals surface area contributed by atoms with Crippen LogP contribution in [0.5, 0.6) is 0 Å². The van der Waals surface area contributed by atoms with Crippen molar-refractivity contribution in [3.05, 3.63) is 64.7 Å². The van der Waals surface area contributed by atoms with Gasteiger partial charge in [0.1, 0.15) is 5.88 Å². The Morgan fingerprint density at radius 1 is 0.971 bits per heavy atom. The number of amides is 1. The maximum Gasteiger partial charge on any atom is 0.223 e. The van der Waals surface area contributed by atoms with Crippen molar-refractivity contribution < 1.29 is 22.8 Å². The number of ketones is 2. The monoisotopic (exact) mass is 497 g/mol. The minimum absolute atomic E-state index is 0.00335. The Bertz CT molecular complexity index is 1310. The van der Waals surface area contributed by atoms with Gasteiger partial charge in [0.15, 0.2) is 27.4 Å². The van der Waals surface area contributed by atoms with Gasteiger partial charge < -0.3 is 16.8 Å². The lowest BCUT2D eigenvalue weighted by atomic mass is 9.84. The molecule has 2 aliphatic rings. The van der Waals surface area contributed by atoms with Gasteiger partial charge in [-0.25, -0.2) is 8.42 Å². The number of aliphatic imine (C=N–C) groups is 1. The molecule has 35 heavy (non-hydrogen) atoms. The summed E-state index contributed by atoms with van der Waals surface area (Å²) in [7, 11) is -3.75. The van der Waals surface area contributed by atoms with Crippen LogP contribution in [0, 0.1) is 5.92 Å². The zero-order valence-electron chi connectivity index (χ0n) is 19.1. The molecule has 1 heterocycles. The highest BCUT2D eigenvalue weighted by Gasteiger charge is 2.32. The van der Waals surface area contributed by atoms with E-state index in [1.54, 1.807) is 29.2 Å². The fraction of sp³-hybridized carbons (Fsp3) is 0.333. The van der Waals surface area contributed by atoms with Crippen LogP contribution in [0.1, 0.15) is 44.7 Å². The number of likely N-dealkylation sites (tertiary alicyclic amines) is 1. The van der Waals surface area contributed by atoms with E-state index in [2.05, 4.69) is 10.3 Å². The van der Waals surface area contributed by atoms with E-state index in [0.29, 0.717) is 44.6 Å². The van der Waals surface area contributed by atoms with Crippen LogP contribution < -0.4 is 16.8 Å². The number of benzene rings is 2. The normalized spacial score (nSPS) is 16.3. The molecule has 0 atom stereocenters. The molecule has 4 rings (SSSR count). The molecule has 11 heteroatoms. The summed E-state index contributed by atoms with van der Waals surface area (Å²) in [6.07, 6.45) is 1.05. The number of rotatable bonds is 7. The van der Waals surface area contributed by atoms with Crippen LogP contribution in [0.4, 0.5) is 0 Å². The van der Waals surface area contributed by atoms with Crippen molar-refractivity contribution >= 4 is 33.3 Å². The first-order valence-corrected chi connectivity index (χ1v) is 12.9. The Morgan fingerprint density at radius 3 is 2.20 bits per heavy atom. The predicted molar refractivity (Wildman–Crippen MR) is 130 cm³/mol. The molecular weight excluding hydrogens is 470 g/mol. The number of nitrogens with two attached hydrogens (primary N) is 2. The van der Waals surface area contributed by atoms with Crippen molar-refractivity contribution in [3.8, 4) is 0 Å². The summed E-state index contributed by atoms with van der Waals surface area (Å²) < 4.78 is 26.2. The molecule has 0 bridgehead atoms. The molecule has 1 amide bonds. The number of nitrogens with one attached hydrogen (secondary N) is 1. The number of nitrogens with zero attached hydrogens (tertiary/aromatic N) is 2. The molecule has 0 aromatic heterocycles. The van der Waals surface area contributed by atoms with Crippen molar-refractivity contribution in [1.29, 1.82) is 0 Å². The van der Waals surface area contributed by atoms with Crippen molar-refractivity contribution in [2.75, 3.05) is 32.1 Å². The third-order valence-electron chi connectivity index (χ3n) is 6.27. The maximum absolute atomic E-state index is 13.1. The lowest BCUT2D eigenvalue weighted by molar-refractivity contribution is -0.126. The predicted octanol–water partition coefficient (Wildman–Crippen LogP) is 0.295. The first kappa shape index (κ1) is 24.6. The Balaban J connectivity index is 1.39. The number of sulfone groups is 1. The van der Waals surface area contributed by atoms with Crippen LogP contribution in [-0.2, 0) is 14.6 Å². The van der Waals surface area contributed by atoms with Crippen LogP contribution in [0.25, 0.3) is 0 Å². The van der Waals surface area contributed by atoms with Gasteiger partial charge in [0.2, 0.25) is 5.91 Å². The molecule has 1 aliphatic heterocycles. The number of carbonyl (C=O) groups is 3. The van der Waals surface area contributed by atoms with Gasteiger partial charge in [-0.15, -0.1) is 0 Å². The van der Waals surface area contributed by atoms with Crippen molar-refractivity contribution in [2.24, 2.45) is 22.4 Å². The number of hydrogen-bond donors (Lipinski definition) is 3. The Kier molecular flexibility index (Phi) is 6.99. The van der Waals surface area contributed by atoms with Gasteiger partial charge >= 0.3 is 0 Å². The number of fused-ring (bicyclic) bond motifs is 2. The molecule has 2 aromatic carbocycles. The van der Waals surface area contributed by atoms with Crippen LogP contribution >= 0.6 is 0 Å².